The minimum Gasteiger partial charge on any atom is -0.376 e. The van der Waals surface area contributed by atoms with E-state index in [-0.39, 0.29) is 12.0 Å². The topological polar surface area (TPSA) is 67.3 Å². The van der Waals surface area contributed by atoms with Crippen molar-refractivity contribution in [3.8, 4) is 0 Å². The first-order chi connectivity index (χ1) is 10.8. The molecule has 3 rings (SSSR count). The summed E-state index contributed by atoms with van der Waals surface area (Å²) in [6.45, 7) is 3.24. The molecule has 22 heavy (non-hydrogen) atoms. The molecule has 1 unspecified atom stereocenters. The molecule has 120 valence electrons. The van der Waals surface area contributed by atoms with E-state index in [9.17, 15) is 4.79 Å². The van der Waals surface area contributed by atoms with Crippen LogP contribution in [0.3, 0.4) is 0 Å². The molecular formula is C16H24N4O2. The van der Waals surface area contributed by atoms with Crippen molar-refractivity contribution in [2.45, 2.75) is 44.6 Å². The van der Waals surface area contributed by atoms with Gasteiger partial charge in [-0.15, -0.1) is 0 Å². The number of amides is 1. The van der Waals surface area contributed by atoms with Gasteiger partial charge in [0.2, 0.25) is 0 Å². The van der Waals surface area contributed by atoms with Crippen LogP contribution in [0.2, 0.25) is 0 Å². The quantitative estimate of drug-likeness (QED) is 0.922. The fraction of sp³-hybridized carbons (Fsp3) is 0.688. The van der Waals surface area contributed by atoms with Gasteiger partial charge in [-0.05, 0) is 25.7 Å². The molecule has 1 atom stereocenters. The van der Waals surface area contributed by atoms with E-state index in [1.807, 2.05) is 4.90 Å². The van der Waals surface area contributed by atoms with Crippen molar-refractivity contribution in [1.29, 1.82) is 0 Å². The Labute approximate surface area is 131 Å². The van der Waals surface area contributed by atoms with Gasteiger partial charge in [0.25, 0.3) is 5.91 Å². The van der Waals surface area contributed by atoms with Crippen molar-refractivity contribution in [2.24, 2.45) is 0 Å². The largest absolute Gasteiger partial charge is 0.376 e. The van der Waals surface area contributed by atoms with Crippen LogP contribution in [-0.4, -0.2) is 53.1 Å². The summed E-state index contributed by atoms with van der Waals surface area (Å²) in [7, 11) is 0. The highest BCUT2D eigenvalue weighted by atomic mass is 16.5. The van der Waals surface area contributed by atoms with E-state index in [2.05, 4.69) is 15.3 Å². The van der Waals surface area contributed by atoms with Crippen molar-refractivity contribution in [3.05, 3.63) is 18.1 Å². The van der Waals surface area contributed by atoms with Gasteiger partial charge in [0.15, 0.2) is 0 Å². The van der Waals surface area contributed by atoms with Crippen LogP contribution in [0.4, 0.5) is 5.82 Å². The molecule has 0 radical (unpaired) electrons. The van der Waals surface area contributed by atoms with Crippen LogP contribution in [0.15, 0.2) is 12.4 Å². The summed E-state index contributed by atoms with van der Waals surface area (Å²) in [5.74, 6) is 0.716. The van der Waals surface area contributed by atoms with Gasteiger partial charge in [0.05, 0.1) is 6.10 Å². The van der Waals surface area contributed by atoms with Gasteiger partial charge >= 0.3 is 0 Å². The molecule has 0 saturated carbocycles. The number of hydrogen-bond donors (Lipinski definition) is 1. The Morgan fingerprint density at radius 3 is 2.77 bits per heavy atom. The molecule has 6 heteroatoms. The van der Waals surface area contributed by atoms with Gasteiger partial charge in [-0.1, -0.05) is 12.8 Å². The predicted molar refractivity (Wildman–Crippen MR) is 83.9 cm³/mol. The van der Waals surface area contributed by atoms with E-state index in [4.69, 9.17) is 4.74 Å². The molecule has 0 spiro atoms. The Bertz CT molecular complexity index is 495. The summed E-state index contributed by atoms with van der Waals surface area (Å²) in [5.41, 5.74) is 0.478. The minimum atomic E-state index is 0.0180. The molecular weight excluding hydrogens is 280 g/mol. The third-order valence-corrected chi connectivity index (χ3v) is 4.31. The molecule has 2 aliphatic rings. The van der Waals surface area contributed by atoms with Gasteiger partial charge in [-0.25, -0.2) is 9.97 Å². The van der Waals surface area contributed by atoms with Gasteiger partial charge in [-0.3, -0.25) is 4.79 Å². The summed E-state index contributed by atoms with van der Waals surface area (Å²) in [6.07, 6.45) is 8.50. The van der Waals surface area contributed by atoms with Gasteiger partial charge in [0.1, 0.15) is 17.8 Å². The first-order valence-electron chi connectivity index (χ1n) is 8.30. The fourth-order valence-electron chi connectivity index (χ4n) is 3.03. The highest BCUT2D eigenvalue weighted by Gasteiger charge is 2.19. The summed E-state index contributed by atoms with van der Waals surface area (Å²) in [5, 5.41) is 3.25. The van der Waals surface area contributed by atoms with Crippen LogP contribution in [-0.2, 0) is 4.74 Å². The second-order valence-electron chi connectivity index (χ2n) is 6.01. The number of aromatic nitrogens is 2. The number of anilines is 1. The Morgan fingerprint density at radius 2 is 2.05 bits per heavy atom. The number of ether oxygens (including phenoxy) is 1. The average Bonchev–Trinajstić information content (AvgIpc) is 2.93. The van der Waals surface area contributed by atoms with E-state index < -0.39 is 0 Å². The molecule has 1 N–H and O–H groups in total. The lowest BCUT2D eigenvalue weighted by Crippen LogP contribution is -2.32. The van der Waals surface area contributed by atoms with Crippen LogP contribution < -0.4 is 5.32 Å². The zero-order valence-electron chi connectivity index (χ0n) is 13.0. The van der Waals surface area contributed by atoms with Crippen molar-refractivity contribution in [2.75, 3.05) is 31.6 Å². The minimum absolute atomic E-state index is 0.0180. The smallest absolute Gasteiger partial charge is 0.272 e. The maximum atomic E-state index is 12.5. The number of rotatable bonds is 4. The van der Waals surface area contributed by atoms with E-state index in [0.29, 0.717) is 11.5 Å². The maximum absolute atomic E-state index is 12.5. The zero-order valence-corrected chi connectivity index (χ0v) is 13.0. The Kier molecular flexibility index (Phi) is 5.21. The molecule has 0 aliphatic carbocycles. The third kappa shape index (κ3) is 3.94. The van der Waals surface area contributed by atoms with Crippen molar-refractivity contribution in [1.82, 2.24) is 14.9 Å². The maximum Gasteiger partial charge on any atom is 0.272 e. The average molecular weight is 304 g/mol. The molecule has 0 aromatic carbocycles. The highest BCUT2D eigenvalue weighted by molar-refractivity contribution is 5.92. The summed E-state index contributed by atoms with van der Waals surface area (Å²) in [6, 6.07) is 1.75. The normalized spacial score (nSPS) is 22.4. The van der Waals surface area contributed by atoms with Crippen LogP contribution in [0, 0.1) is 0 Å². The molecule has 1 aromatic heterocycles. The molecule has 2 fully saturated rings. The third-order valence-electron chi connectivity index (χ3n) is 4.31. The first-order valence-corrected chi connectivity index (χ1v) is 8.30. The molecule has 1 amide bonds. The molecule has 3 heterocycles. The summed E-state index contributed by atoms with van der Waals surface area (Å²) < 4.78 is 5.58. The van der Waals surface area contributed by atoms with Crippen LogP contribution in [0.1, 0.15) is 49.0 Å². The second kappa shape index (κ2) is 7.54. The van der Waals surface area contributed by atoms with Crippen LogP contribution >= 0.6 is 0 Å². The highest BCUT2D eigenvalue weighted by Crippen LogP contribution is 2.15. The first kappa shape index (κ1) is 15.2. The second-order valence-corrected chi connectivity index (χ2v) is 6.01. The number of nitrogens with one attached hydrogen (secondary N) is 1. The monoisotopic (exact) mass is 304 g/mol. The number of likely N-dealkylation sites (tertiary alicyclic amines) is 1. The zero-order chi connectivity index (χ0) is 15.2. The Hall–Kier alpha value is -1.69. The molecule has 0 bridgehead atoms. The molecule has 6 nitrogen and oxygen atoms in total. The Balaban J connectivity index is 1.60. The van der Waals surface area contributed by atoms with Gasteiger partial charge < -0.3 is 15.0 Å². The lowest BCUT2D eigenvalue weighted by molar-refractivity contribution is 0.0755. The van der Waals surface area contributed by atoms with Crippen molar-refractivity contribution < 1.29 is 9.53 Å². The van der Waals surface area contributed by atoms with E-state index >= 15 is 0 Å². The number of carbonyl (C=O) groups is 1. The number of carbonyl (C=O) groups excluding carboxylic acids is 1. The summed E-state index contributed by atoms with van der Waals surface area (Å²) >= 11 is 0. The van der Waals surface area contributed by atoms with Gasteiger partial charge in [-0.2, -0.15) is 0 Å². The van der Waals surface area contributed by atoms with E-state index in [1.54, 1.807) is 6.07 Å². The van der Waals surface area contributed by atoms with Crippen LogP contribution in [0.5, 0.6) is 0 Å². The van der Waals surface area contributed by atoms with E-state index in [1.165, 1.54) is 19.2 Å². The van der Waals surface area contributed by atoms with E-state index in [0.717, 1.165) is 51.9 Å². The molecule has 1 aromatic rings. The summed E-state index contributed by atoms with van der Waals surface area (Å²) in [4.78, 5) is 22.8. The number of nitrogens with zero attached hydrogens (tertiary/aromatic N) is 3. The molecule has 2 saturated heterocycles. The Morgan fingerprint density at radius 1 is 1.23 bits per heavy atom. The molecule has 2 aliphatic heterocycles. The fourth-order valence-corrected chi connectivity index (χ4v) is 3.03. The van der Waals surface area contributed by atoms with Crippen molar-refractivity contribution >= 4 is 11.7 Å². The number of hydrogen-bond acceptors (Lipinski definition) is 5. The van der Waals surface area contributed by atoms with Gasteiger partial charge in [0, 0.05) is 32.3 Å². The van der Waals surface area contributed by atoms with Crippen molar-refractivity contribution in [3.63, 3.8) is 0 Å². The lowest BCUT2D eigenvalue weighted by atomic mass is 10.2. The van der Waals surface area contributed by atoms with Crippen LogP contribution in [0.25, 0.3) is 0 Å². The lowest BCUT2D eigenvalue weighted by Gasteiger charge is -2.20. The predicted octanol–water partition coefficient (Wildman–Crippen LogP) is 2.08. The standard InChI is InChI=1S/C16H24N4O2/c21-16(20-7-3-1-2-4-8-20)14-10-15(19-12-18-14)17-11-13-6-5-9-22-13/h10,12-13H,1-9,11H2,(H,17,18,19). The SMILES string of the molecule is O=C(c1cc(NCC2CCCO2)ncn1)N1CCCCCC1.